The molecule has 0 heterocycles. The molecule has 0 spiro atoms. The first-order valence-corrected chi connectivity index (χ1v) is 6.24. The van der Waals surface area contributed by atoms with Crippen LogP contribution in [0.3, 0.4) is 0 Å². The third-order valence-electron chi connectivity index (χ3n) is 0.727. The van der Waals surface area contributed by atoms with Gasteiger partial charge in [-0.25, -0.2) is 0 Å². The molecular formula is C5H8O4PS+. The summed E-state index contributed by atoms with van der Waals surface area (Å²) in [5.41, 5.74) is 0. The second-order valence-electron chi connectivity index (χ2n) is 1.57. The molecule has 0 rings (SSSR count). The monoisotopic (exact) mass is 195 g/mol. The SMILES string of the molecule is C#CCS(=O)(=O)[P+](=O)OCC. The van der Waals surface area contributed by atoms with Crippen LogP contribution in [0.15, 0.2) is 0 Å². The maximum atomic E-state index is 10.8. The molecule has 4 nitrogen and oxygen atoms in total. The molecule has 0 saturated heterocycles. The largest absolute Gasteiger partial charge is 0.641 e. The van der Waals surface area contributed by atoms with Crippen LogP contribution in [0.1, 0.15) is 6.92 Å². The maximum absolute atomic E-state index is 10.8. The van der Waals surface area contributed by atoms with Crippen LogP contribution >= 0.6 is 7.23 Å². The third kappa shape index (κ3) is 3.47. The molecule has 0 aliphatic heterocycles. The van der Waals surface area contributed by atoms with Crippen LogP contribution in [0, 0.1) is 12.3 Å². The standard InChI is InChI=1S/C5H8O4PS/c1-3-5-11(7,8)10(6)9-4-2/h1H,4-5H2,2H3/q+1. The predicted octanol–water partition coefficient (Wildman–Crippen LogP) is 0.728. The van der Waals surface area contributed by atoms with Crippen LogP contribution in [0.5, 0.6) is 0 Å². The van der Waals surface area contributed by atoms with E-state index in [-0.39, 0.29) is 6.61 Å². The van der Waals surface area contributed by atoms with Crippen molar-refractivity contribution in [2.45, 2.75) is 6.92 Å². The molecule has 0 saturated carbocycles. The van der Waals surface area contributed by atoms with Crippen molar-refractivity contribution in [1.82, 2.24) is 0 Å². The van der Waals surface area contributed by atoms with Crippen molar-refractivity contribution < 1.29 is 17.5 Å². The molecule has 0 aliphatic carbocycles. The van der Waals surface area contributed by atoms with Gasteiger partial charge in [0.15, 0.2) is 5.75 Å². The van der Waals surface area contributed by atoms with Crippen molar-refractivity contribution in [3.8, 4) is 12.3 Å². The highest BCUT2D eigenvalue weighted by Gasteiger charge is 2.36. The van der Waals surface area contributed by atoms with Gasteiger partial charge in [0.05, 0.1) is 0 Å². The van der Waals surface area contributed by atoms with Crippen LogP contribution in [-0.2, 0) is 18.5 Å². The van der Waals surface area contributed by atoms with Crippen LogP contribution in [0.2, 0.25) is 0 Å². The van der Waals surface area contributed by atoms with Crippen LogP contribution in [-0.4, -0.2) is 20.8 Å². The van der Waals surface area contributed by atoms with Gasteiger partial charge in [-0.2, -0.15) is 8.42 Å². The summed E-state index contributed by atoms with van der Waals surface area (Å²) in [6, 6.07) is 0. The first-order valence-electron chi connectivity index (χ1n) is 2.81. The van der Waals surface area contributed by atoms with Crippen molar-refractivity contribution in [1.29, 1.82) is 0 Å². The van der Waals surface area contributed by atoms with Gasteiger partial charge in [-0.3, -0.25) is 0 Å². The maximum Gasteiger partial charge on any atom is 0.641 e. The Balaban J connectivity index is 4.35. The van der Waals surface area contributed by atoms with E-state index < -0.39 is 22.4 Å². The molecule has 0 aromatic rings. The molecule has 0 radical (unpaired) electrons. The highest BCUT2D eigenvalue weighted by Crippen LogP contribution is 2.30. The minimum atomic E-state index is -3.72. The summed E-state index contributed by atoms with van der Waals surface area (Å²) in [5, 5.41) is 0. The first kappa shape index (κ1) is 10.6. The van der Waals surface area contributed by atoms with Crippen molar-refractivity contribution >= 4 is 16.7 Å². The van der Waals surface area contributed by atoms with E-state index in [0.29, 0.717) is 0 Å². The summed E-state index contributed by atoms with van der Waals surface area (Å²) >= 11 is 0. The van der Waals surface area contributed by atoms with Gasteiger partial charge in [-0.05, 0) is 11.5 Å². The zero-order chi connectivity index (χ0) is 8.91. The Bertz CT molecular complexity index is 273. The number of hydrogen-bond donors (Lipinski definition) is 0. The van der Waals surface area contributed by atoms with Gasteiger partial charge in [0, 0.05) is 0 Å². The lowest BCUT2D eigenvalue weighted by atomic mass is 10.8. The molecular weight excluding hydrogens is 187 g/mol. The summed E-state index contributed by atoms with van der Waals surface area (Å²) in [4.78, 5) is 0. The van der Waals surface area contributed by atoms with Crippen LogP contribution < -0.4 is 0 Å². The highest BCUT2D eigenvalue weighted by atomic mass is 32.8. The lowest BCUT2D eigenvalue weighted by Gasteiger charge is -1.83. The van der Waals surface area contributed by atoms with Gasteiger partial charge in [0.2, 0.25) is 0 Å². The molecule has 11 heavy (non-hydrogen) atoms. The molecule has 62 valence electrons. The lowest BCUT2D eigenvalue weighted by Crippen LogP contribution is -1.99. The van der Waals surface area contributed by atoms with Crippen molar-refractivity contribution in [2.75, 3.05) is 12.4 Å². The number of hydrogen-bond acceptors (Lipinski definition) is 4. The molecule has 0 aromatic heterocycles. The summed E-state index contributed by atoms with van der Waals surface area (Å²) in [6.45, 7) is 1.65. The second-order valence-corrected chi connectivity index (χ2v) is 6.29. The van der Waals surface area contributed by atoms with Gasteiger partial charge in [0.1, 0.15) is 6.61 Å². The van der Waals surface area contributed by atoms with Gasteiger partial charge in [0.25, 0.3) is 0 Å². The fourth-order valence-electron chi connectivity index (χ4n) is 0.344. The van der Waals surface area contributed by atoms with E-state index in [9.17, 15) is 13.0 Å². The Labute approximate surface area is 66.5 Å². The normalized spacial score (nSPS) is 12.2. The molecule has 1 atom stereocenters. The minimum Gasteiger partial charge on any atom is -0.174 e. The van der Waals surface area contributed by atoms with Crippen molar-refractivity contribution in [3.63, 3.8) is 0 Å². The molecule has 0 bridgehead atoms. The summed E-state index contributed by atoms with van der Waals surface area (Å²) in [5.74, 6) is 1.36. The molecule has 0 aliphatic rings. The average Bonchev–Trinajstić information content (AvgIpc) is 1.88. The smallest absolute Gasteiger partial charge is 0.174 e. The Morgan fingerprint density at radius 3 is 2.55 bits per heavy atom. The first-order chi connectivity index (χ1) is 5.04. The Morgan fingerprint density at radius 1 is 1.64 bits per heavy atom. The van der Waals surface area contributed by atoms with E-state index >= 15 is 0 Å². The molecule has 0 fully saturated rings. The van der Waals surface area contributed by atoms with E-state index in [0.717, 1.165) is 0 Å². The van der Waals surface area contributed by atoms with Crippen molar-refractivity contribution in [3.05, 3.63) is 0 Å². The van der Waals surface area contributed by atoms with Gasteiger partial charge < -0.3 is 0 Å². The summed E-state index contributed by atoms with van der Waals surface area (Å²) in [6.07, 6.45) is 4.74. The Hall–Kier alpha value is -0.430. The van der Waals surface area contributed by atoms with E-state index in [4.69, 9.17) is 6.42 Å². The van der Waals surface area contributed by atoms with Gasteiger partial charge in [-0.1, -0.05) is 5.92 Å². The minimum absolute atomic E-state index is 0.0962. The topological polar surface area (TPSA) is 60.4 Å². The molecule has 0 N–H and O–H groups in total. The van der Waals surface area contributed by atoms with E-state index in [1.165, 1.54) is 0 Å². The third-order valence-corrected chi connectivity index (χ3v) is 4.25. The molecule has 6 heteroatoms. The molecule has 0 aromatic carbocycles. The van der Waals surface area contributed by atoms with E-state index in [1.807, 2.05) is 5.92 Å². The average molecular weight is 195 g/mol. The van der Waals surface area contributed by atoms with E-state index in [2.05, 4.69) is 4.52 Å². The number of terminal acetylenes is 1. The van der Waals surface area contributed by atoms with Crippen LogP contribution in [0.4, 0.5) is 0 Å². The summed E-state index contributed by atoms with van der Waals surface area (Å²) < 4.78 is 36.6. The quantitative estimate of drug-likeness (QED) is 0.490. The van der Waals surface area contributed by atoms with E-state index in [1.54, 1.807) is 6.92 Å². The molecule has 1 unspecified atom stereocenters. The molecule has 0 amide bonds. The fraction of sp³-hybridized carbons (Fsp3) is 0.600. The highest BCUT2D eigenvalue weighted by molar-refractivity contribution is 8.44. The fourth-order valence-corrected chi connectivity index (χ4v) is 2.37. The van der Waals surface area contributed by atoms with Crippen LogP contribution in [0.25, 0.3) is 0 Å². The predicted molar refractivity (Wildman–Crippen MR) is 41.9 cm³/mol. The second kappa shape index (κ2) is 4.45. The zero-order valence-electron chi connectivity index (χ0n) is 5.98. The zero-order valence-corrected chi connectivity index (χ0v) is 7.69. The Morgan fingerprint density at radius 2 is 2.18 bits per heavy atom. The van der Waals surface area contributed by atoms with Crippen molar-refractivity contribution in [2.24, 2.45) is 0 Å². The van der Waals surface area contributed by atoms with Gasteiger partial charge >= 0.3 is 16.7 Å². The lowest BCUT2D eigenvalue weighted by molar-refractivity contribution is 0.359. The number of rotatable bonds is 4. The Kier molecular flexibility index (Phi) is 4.27. The summed E-state index contributed by atoms with van der Waals surface area (Å²) in [7, 11) is -6.37. The van der Waals surface area contributed by atoms with Gasteiger partial charge in [-0.15, -0.1) is 10.9 Å².